The lowest BCUT2D eigenvalue weighted by Gasteiger charge is -2.14. The summed E-state index contributed by atoms with van der Waals surface area (Å²) in [5, 5.41) is 3.84. The quantitative estimate of drug-likeness (QED) is 0.930. The molecule has 0 radical (unpaired) electrons. The van der Waals surface area contributed by atoms with E-state index in [0.29, 0.717) is 23.7 Å². The van der Waals surface area contributed by atoms with Crippen molar-refractivity contribution in [1.29, 1.82) is 0 Å². The molecule has 1 aromatic heterocycles. The Morgan fingerprint density at radius 3 is 2.78 bits per heavy atom. The van der Waals surface area contributed by atoms with Crippen LogP contribution in [-0.4, -0.2) is 15.7 Å². The molecule has 4 nitrogen and oxygen atoms in total. The molecule has 1 heterocycles. The molecule has 0 aliphatic heterocycles. The normalized spacial score (nSPS) is 11.8. The van der Waals surface area contributed by atoms with E-state index in [1.165, 1.54) is 12.1 Å². The summed E-state index contributed by atoms with van der Waals surface area (Å²) >= 11 is 5.70. The highest BCUT2D eigenvalue weighted by atomic mass is 35.5. The summed E-state index contributed by atoms with van der Waals surface area (Å²) < 4.78 is 18.1. The molecule has 0 amide bonds. The highest BCUT2D eigenvalue weighted by Crippen LogP contribution is 2.23. The van der Waals surface area contributed by atoms with Gasteiger partial charge in [0.25, 0.3) is 0 Å². The molecule has 2 aromatic rings. The molecule has 1 aromatic carbocycles. The molecule has 0 fully saturated rings. The molecule has 18 heavy (non-hydrogen) atoms. The predicted molar refractivity (Wildman–Crippen MR) is 66.7 cm³/mol. The third-order valence-corrected chi connectivity index (χ3v) is 2.54. The maximum atomic E-state index is 13.0. The lowest BCUT2D eigenvalue weighted by Crippen LogP contribution is -2.34. The van der Waals surface area contributed by atoms with E-state index < -0.39 is 11.4 Å². The van der Waals surface area contributed by atoms with Gasteiger partial charge in [0, 0.05) is 17.5 Å². The van der Waals surface area contributed by atoms with E-state index in [2.05, 4.69) is 10.1 Å². The molecule has 6 heteroatoms. The van der Waals surface area contributed by atoms with E-state index in [9.17, 15) is 4.39 Å². The Hall–Kier alpha value is -1.46. The lowest BCUT2D eigenvalue weighted by molar-refractivity contribution is 0.348. The van der Waals surface area contributed by atoms with Crippen molar-refractivity contribution in [2.24, 2.45) is 5.73 Å². The smallest absolute Gasteiger partial charge is 0.228 e. The molecular formula is C12H13ClFN3O. The molecule has 0 bridgehead atoms. The van der Waals surface area contributed by atoms with Crippen molar-refractivity contribution in [3.05, 3.63) is 34.9 Å². The summed E-state index contributed by atoms with van der Waals surface area (Å²) in [5.74, 6) is 0.335. The Morgan fingerprint density at radius 2 is 2.17 bits per heavy atom. The molecule has 2 rings (SSSR count). The average Bonchev–Trinajstić information content (AvgIpc) is 2.68. The van der Waals surface area contributed by atoms with Crippen LogP contribution in [0.2, 0.25) is 5.02 Å². The molecule has 0 unspecified atom stereocenters. The van der Waals surface area contributed by atoms with Crippen LogP contribution in [0, 0.1) is 5.82 Å². The third-order valence-electron chi connectivity index (χ3n) is 2.25. The fourth-order valence-electron chi connectivity index (χ4n) is 1.47. The van der Waals surface area contributed by atoms with Crippen LogP contribution in [0.5, 0.6) is 0 Å². The van der Waals surface area contributed by atoms with Gasteiger partial charge in [-0.3, -0.25) is 0 Å². The SMILES string of the molecule is CC(C)(N)Cc1nc(-c2ccc(F)c(Cl)c2)no1. The molecule has 0 aliphatic carbocycles. The standard InChI is InChI=1S/C12H13ClFN3O/c1-12(2,15)6-10-16-11(17-18-10)7-3-4-9(14)8(13)5-7/h3-5H,6,15H2,1-2H3. The second-order valence-corrected chi connectivity index (χ2v) is 5.21. The van der Waals surface area contributed by atoms with Crippen LogP contribution in [0.3, 0.4) is 0 Å². The van der Waals surface area contributed by atoms with Gasteiger partial charge in [-0.2, -0.15) is 4.98 Å². The second kappa shape index (κ2) is 4.66. The highest BCUT2D eigenvalue weighted by Gasteiger charge is 2.17. The summed E-state index contributed by atoms with van der Waals surface area (Å²) in [4.78, 5) is 4.20. The Balaban J connectivity index is 2.26. The van der Waals surface area contributed by atoms with Crippen molar-refractivity contribution in [1.82, 2.24) is 10.1 Å². The van der Waals surface area contributed by atoms with E-state index in [0.717, 1.165) is 0 Å². The number of aromatic nitrogens is 2. The van der Waals surface area contributed by atoms with Gasteiger partial charge in [0.1, 0.15) is 5.82 Å². The van der Waals surface area contributed by atoms with Crippen molar-refractivity contribution in [2.45, 2.75) is 25.8 Å². The number of rotatable bonds is 3. The molecular weight excluding hydrogens is 257 g/mol. The Morgan fingerprint density at radius 1 is 1.44 bits per heavy atom. The molecule has 0 aliphatic rings. The first kappa shape index (κ1) is 13.0. The Bertz CT molecular complexity index is 563. The first-order valence-corrected chi connectivity index (χ1v) is 5.80. The highest BCUT2D eigenvalue weighted by molar-refractivity contribution is 6.31. The first-order valence-electron chi connectivity index (χ1n) is 5.42. The molecule has 0 atom stereocenters. The fraction of sp³-hybridized carbons (Fsp3) is 0.333. The van der Waals surface area contributed by atoms with Crippen molar-refractivity contribution < 1.29 is 8.91 Å². The van der Waals surface area contributed by atoms with Crippen LogP contribution in [0.1, 0.15) is 19.7 Å². The zero-order valence-corrected chi connectivity index (χ0v) is 10.8. The van der Waals surface area contributed by atoms with Crippen molar-refractivity contribution in [3.63, 3.8) is 0 Å². The van der Waals surface area contributed by atoms with Crippen LogP contribution in [-0.2, 0) is 6.42 Å². The maximum absolute atomic E-state index is 13.0. The molecule has 0 spiro atoms. The molecule has 0 saturated carbocycles. The van der Waals surface area contributed by atoms with Gasteiger partial charge in [-0.1, -0.05) is 16.8 Å². The zero-order chi connectivity index (χ0) is 13.3. The van der Waals surface area contributed by atoms with Crippen molar-refractivity contribution in [3.8, 4) is 11.4 Å². The Kier molecular flexibility index (Phi) is 3.36. The summed E-state index contributed by atoms with van der Waals surface area (Å²) in [7, 11) is 0. The summed E-state index contributed by atoms with van der Waals surface area (Å²) in [5.41, 5.74) is 6.04. The first-order chi connectivity index (χ1) is 8.35. The number of hydrogen-bond acceptors (Lipinski definition) is 4. The van der Waals surface area contributed by atoms with Crippen LogP contribution in [0.15, 0.2) is 22.7 Å². The monoisotopic (exact) mass is 269 g/mol. The van der Waals surface area contributed by atoms with Crippen LogP contribution in [0.4, 0.5) is 4.39 Å². The van der Waals surface area contributed by atoms with Gasteiger partial charge in [0.05, 0.1) is 5.02 Å². The van der Waals surface area contributed by atoms with Gasteiger partial charge in [-0.25, -0.2) is 4.39 Å². The molecule has 96 valence electrons. The van der Waals surface area contributed by atoms with Crippen LogP contribution >= 0.6 is 11.6 Å². The van der Waals surface area contributed by atoms with E-state index in [1.807, 2.05) is 13.8 Å². The van der Waals surface area contributed by atoms with Crippen molar-refractivity contribution in [2.75, 3.05) is 0 Å². The minimum absolute atomic E-state index is 0.0259. The lowest BCUT2D eigenvalue weighted by atomic mass is 10.0. The van der Waals surface area contributed by atoms with E-state index >= 15 is 0 Å². The van der Waals surface area contributed by atoms with Gasteiger partial charge < -0.3 is 10.3 Å². The van der Waals surface area contributed by atoms with Crippen LogP contribution < -0.4 is 5.73 Å². The van der Waals surface area contributed by atoms with Gasteiger partial charge in [0.15, 0.2) is 0 Å². The number of benzene rings is 1. The maximum Gasteiger partial charge on any atom is 0.228 e. The average molecular weight is 270 g/mol. The van der Waals surface area contributed by atoms with Crippen LogP contribution in [0.25, 0.3) is 11.4 Å². The summed E-state index contributed by atoms with van der Waals surface area (Å²) in [6.07, 6.45) is 0.467. The number of nitrogens with zero attached hydrogens (tertiary/aromatic N) is 2. The number of hydrogen-bond donors (Lipinski definition) is 1. The number of nitrogens with two attached hydrogens (primary N) is 1. The van der Waals surface area contributed by atoms with Gasteiger partial charge in [-0.05, 0) is 32.0 Å². The van der Waals surface area contributed by atoms with Gasteiger partial charge >= 0.3 is 0 Å². The number of halogens is 2. The van der Waals surface area contributed by atoms with E-state index in [4.69, 9.17) is 21.9 Å². The largest absolute Gasteiger partial charge is 0.339 e. The second-order valence-electron chi connectivity index (χ2n) is 4.81. The fourth-order valence-corrected chi connectivity index (χ4v) is 1.65. The van der Waals surface area contributed by atoms with Gasteiger partial charge in [-0.15, -0.1) is 0 Å². The minimum Gasteiger partial charge on any atom is -0.339 e. The van der Waals surface area contributed by atoms with Gasteiger partial charge in [0.2, 0.25) is 11.7 Å². The summed E-state index contributed by atoms with van der Waals surface area (Å²) in [6, 6.07) is 4.27. The third kappa shape index (κ3) is 3.05. The predicted octanol–water partition coefficient (Wildman–Crippen LogP) is 2.81. The zero-order valence-electron chi connectivity index (χ0n) is 10.1. The van der Waals surface area contributed by atoms with E-state index in [-0.39, 0.29) is 5.02 Å². The molecule has 0 saturated heterocycles. The minimum atomic E-state index is -0.479. The molecule has 2 N–H and O–H groups in total. The Labute approximate surface area is 109 Å². The van der Waals surface area contributed by atoms with E-state index in [1.54, 1.807) is 6.07 Å². The topological polar surface area (TPSA) is 64.9 Å². The summed E-state index contributed by atoms with van der Waals surface area (Å²) in [6.45, 7) is 3.73. The van der Waals surface area contributed by atoms with Crippen molar-refractivity contribution >= 4 is 11.6 Å².